The summed E-state index contributed by atoms with van der Waals surface area (Å²) in [5.74, 6) is -0.708. The van der Waals surface area contributed by atoms with Gasteiger partial charge in [-0.2, -0.15) is 0 Å². The summed E-state index contributed by atoms with van der Waals surface area (Å²) in [7, 11) is 0. The van der Waals surface area contributed by atoms with Crippen molar-refractivity contribution in [3.05, 3.63) is 35.4 Å². The van der Waals surface area contributed by atoms with Gasteiger partial charge in [0.15, 0.2) is 0 Å². The number of hydrogen-bond donors (Lipinski definition) is 1. The average Bonchev–Trinajstić information content (AvgIpc) is 2.39. The van der Waals surface area contributed by atoms with E-state index < -0.39 is 12.0 Å². The molecule has 0 spiro atoms. The molecule has 5 heteroatoms. The van der Waals surface area contributed by atoms with E-state index >= 15 is 0 Å². The lowest BCUT2D eigenvalue weighted by Gasteiger charge is -2.12. The van der Waals surface area contributed by atoms with E-state index in [2.05, 4.69) is 21.2 Å². The molecule has 1 atom stereocenters. The van der Waals surface area contributed by atoms with Gasteiger partial charge in [0.05, 0.1) is 6.61 Å². The Morgan fingerprint density at radius 3 is 2.78 bits per heavy atom. The Kier molecular flexibility index (Phi) is 5.85. The number of hydrogen-bond acceptors (Lipinski definition) is 3. The van der Waals surface area contributed by atoms with Crippen molar-refractivity contribution >= 4 is 27.8 Å². The predicted octanol–water partition coefficient (Wildman–Crippen LogP) is 2.26. The lowest BCUT2D eigenvalue weighted by molar-refractivity contribution is -0.144. The molecule has 1 aromatic carbocycles. The molecule has 0 radical (unpaired) electrons. The van der Waals surface area contributed by atoms with E-state index in [0.29, 0.717) is 17.5 Å². The molecule has 0 aromatic heterocycles. The summed E-state index contributed by atoms with van der Waals surface area (Å²) in [6.07, 6.45) is 0. The second-order valence-corrected chi connectivity index (χ2v) is 4.34. The van der Waals surface area contributed by atoms with Crippen LogP contribution >= 0.6 is 15.9 Å². The predicted molar refractivity (Wildman–Crippen MR) is 72.6 cm³/mol. The third-order valence-corrected chi connectivity index (χ3v) is 2.98. The van der Waals surface area contributed by atoms with Crippen LogP contribution in [0.3, 0.4) is 0 Å². The Morgan fingerprint density at radius 1 is 1.44 bits per heavy atom. The zero-order chi connectivity index (χ0) is 13.5. The van der Waals surface area contributed by atoms with Crippen molar-refractivity contribution in [2.24, 2.45) is 0 Å². The maximum absolute atomic E-state index is 11.9. The van der Waals surface area contributed by atoms with E-state index in [9.17, 15) is 9.59 Å². The molecule has 0 fully saturated rings. The molecule has 4 nitrogen and oxygen atoms in total. The Balaban J connectivity index is 2.67. The molecule has 1 amide bonds. The molecule has 0 aliphatic heterocycles. The Bertz CT molecular complexity index is 434. The molecule has 1 N–H and O–H groups in total. The molecular weight excluding hydrogens is 298 g/mol. The molecule has 0 saturated heterocycles. The van der Waals surface area contributed by atoms with E-state index in [-0.39, 0.29) is 5.91 Å². The van der Waals surface area contributed by atoms with Crippen molar-refractivity contribution in [1.29, 1.82) is 0 Å². The van der Waals surface area contributed by atoms with Crippen molar-refractivity contribution < 1.29 is 14.3 Å². The fourth-order valence-electron chi connectivity index (χ4n) is 1.40. The molecular formula is C13H16BrNO3. The fraction of sp³-hybridized carbons (Fsp3) is 0.385. The standard InChI is InChI=1S/C13H16BrNO3/c1-3-18-13(17)9(2)15-12(16)11-6-4-5-10(7-11)8-14/h4-7,9H,3,8H2,1-2H3,(H,15,16). The van der Waals surface area contributed by atoms with Gasteiger partial charge < -0.3 is 10.1 Å². The molecule has 0 aliphatic rings. The number of nitrogens with one attached hydrogen (secondary N) is 1. The van der Waals surface area contributed by atoms with Crippen LogP contribution in [0.4, 0.5) is 0 Å². The van der Waals surface area contributed by atoms with Gasteiger partial charge in [-0.25, -0.2) is 4.79 Å². The van der Waals surface area contributed by atoms with Crippen molar-refractivity contribution in [3.8, 4) is 0 Å². The quantitative estimate of drug-likeness (QED) is 0.670. The third kappa shape index (κ3) is 4.14. The number of carbonyl (C=O) groups excluding carboxylic acids is 2. The minimum Gasteiger partial charge on any atom is -0.464 e. The van der Waals surface area contributed by atoms with Crippen LogP contribution in [0.5, 0.6) is 0 Å². The van der Waals surface area contributed by atoms with Crippen LogP contribution < -0.4 is 5.32 Å². The number of amides is 1. The van der Waals surface area contributed by atoms with Crippen LogP contribution in [0.15, 0.2) is 24.3 Å². The Labute approximate surface area is 115 Å². The van der Waals surface area contributed by atoms with Gasteiger partial charge in [0.2, 0.25) is 0 Å². The molecule has 0 bridgehead atoms. The summed E-state index contributed by atoms with van der Waals surface area (Å²) in [4.78, 5) is 23.3. The molecule has 18 heavy (non-hydrogen) atoms. The van der Waals surface area contributed by atoms with Crippen LogP contribution in [0, 0.1) is 0 Å². The molecule has 1 aromatic rings. The fourth-order valence-corrected chi connectivity index (χ4v) is 1.75. The average molecular weight is 314 g/mol. The van der Waals surface area contributed by atoms with Crippen LogP contribution in [-0.4, -0.2) is 24.5 Å². The second kappa shape index (κ2) is 7.16. The number of ether oxygens (including phenoxy) is 1. The summed E-state index contributed by atoms with van der Waals surface area (Å²) in [6, 6.07) is 6.56. The lowest BCUT2D eigenvalue weighted by atomic mass is 10.1. The summed E-state index contributed by atoms with van der Waals surface area (Å²) in [6.45, 7) is 3.63. The van der Waals surface area contributed by atoms with Crippen molar-refractivity contribution in [2.45, 2.75) is 25.2 Å². The van der Waals surface area contributed by atoms with Gasteiger partial charge in [0.1, 0.15) is 6.04 Å². The summed E-state index contributed by atoms with van der Waals surface area (Å²) in [5.41, 5.74) is 1.54. The number of rotatable bonds is 5. The van der Waals surface area contributed by atoms with E-state index in [0.717, 1.165) is 5.56 Å². The smallest absolute Gasteiger partial charge is 0.328 e. The van der Waals surface area contributed by atoms with E-state index in [1.807, 2.05) is 6.07 Å². The number of carbonyl (C=O) groups is 2. The topological polar surface area (TPSA) is 55.4 Å². The zero-order valence-electron chi connectivity index (χ0n) is 10.4. The largest absolute Gasteiger partial charge is 0.464 e. The number of benzene rings is 1. The van der Waals surface area contributed by atoms with Gasteiger partial charge in [0, 0.05) is 10.9 Å². The molecule has 98 valence electrons. The highest BCUT2D eigenvalue weighted by Crippen LogP contribution is 2.09. The first-order valence-electron chi connectivity index (χ1n) is 5.71. The number of halogens is 1. The van der Waals surface area contributed by atoms with Crippen molar-refractivity contribution in [1.82, 2.24) is 5.32 Å². The second-order valence-electron chi connectivity index (χ2n) is 3.78. The van der Waals surface area contributed by atoms with Gasteiger partial charge >= 0.3 is 5.97 Å². The summed E-state index contributed by atoms with van der Waals surface area (Å²) in [5, 5.41) is 3.29. The van der Waals surface area contributed by atoms with Crippen LogP contribution in [0.1, 0.15) is 29.8 Å². The van der Waals surface area contributed by atoms with Gasteiger partial charge in [-0.15, -0.1) is 0 Å². The van der Waals surface area contributed by atoms with E-state index in [1.54, 1.807) is 32.0 Å². The van der Waals surface area contributed by atoms with Gasteiger partial charge in [-0.1, -0.05) is 28.1 Å². The maximum Gasteiger partial charge on any atom is 0.328 e. The van der Waals surface area contributed by atoms with E-state index in [4.69, 9.17) is 4.74 Å². The first-order valence-corrected chi connectivity index (χ1v) is 6.83. The van der Waals surface area contributed by atoms with Crippen molar-refractivity contribution in [2.75, 3.05) is 6.61 Å². The normalized spacial score (nSPS) is 11.7. The highest BCUT2D eigenvalue weighted by atomic mass is 79.9. The summed E-state index contributed by atoms with van der Waals surface area (Å²) >= 11 is 3.33. The summed E-state index contributed by atoms with van der Waals surface area (Å²) < 4.78 is 4.82. The Hall–Kier alpha value is -1.36. The van der Waals surface area contributed by atoms with Crippen LogP contribution in [-0.2, 0) is 14.9 Å². The first-order chi connectivity index (χ1) is 8.58. The highest BCUT2D eigenvalue weighted by Gasteiger charge is 2.17. The molecule has 0 saturated carbocycles. The number of esters is 1. The minimum absolute atomic E-state index is 0.279. The van der Waals surface area contributed by atoms with Gasteiger partial charge in [-0.3, -0.25) is 4.79 Å². The molecule has 0 aliphatic carbocycles. The highest BCUT2D eigenvalue weighted by molar-refractivity contribution is 9.08. The van der Waals surface area contributed by atoms with Gasteiger partial charge in [0.25, 0.3) is 5.91 Å². The van der Waals surface area contributed by atoms with Crippen LogP contribution in [0.25, 0.3) is 0 Å². The molecule has 1 rings (SSSR count). The number of alkyl halides is 1. The van der Waals surface area contributed by atoms with Crippen molar-refractivity contribution in [3.63, 3.8) is 0 Å². The van der Waals surface area contributed by atoms with Crippen LogP contribution in [0.2, 0.25) is 0 Å². The molecule has 0 heterocycles. The van der Waals surface area contributed by atoms with Gasteiger partial charge in [-0.05, 0) is 31.5 Å². The maximum atomic E-state index is 11.9. The molecule has 1 unspecified atom stereocenters. The first kappa shape index (κ1) is 14.7. The monoisotopic (exact) mass is 313 g/mol. The lowest BCUT2D eigenvalue weighted by Crippen LogP contribution is -2.39. The SMILES string of the molecule is CCOC(=O)C(C)NC(=O)c1cccc(CBr)c1. The van der Waals surface area contributed by atoms with E-state index in [1.165, 1.54) is 0 Å². The minimum atomic E-state index is -0.648. The Morgan fingerprint density at radius 2 is 2.17 bits per heavy atom. The zero-order valence-corrected chi connectivity index (χ0v) is 12.0. The third-order valence-electron chi connectivity index (χ3n) is 2.33.